The molecule has 0 radical (unpaired) electrons. The van der Waals surface area contributed by atoms with Crippen molar-refractivity contribution in [2.45, 2.75) is 33.2 Å². The average molecular weight is 348 g/mol. The third kappa shape index (κ3) is 4.97. The Hall–Kier alpha value is -2.05. The molecular weight excluding hydrogens is 324 g/mol. The van der Waals surface area contributed by atoms with Crippen molar-refractivity contribution in [3.63, 3.8) is 0 Å². The Kier molecular flexibility index (Phi) is 7.25. The number of anilines is 1. The summed E-state index contributed by atoms with van der Waals surface area (Å²) < 4.78 is 5.27. The summed E-state index contributed by atoms with van der Waals surface area (Å²) in [5.41, 5.74) is 1.52. The number of thiocarbonyl (C=S) groups is 1. The van der Waals surface area contributed by atoms with Crippen LogP contribution in [0.5, 0.6) is 0 Å². The van der Waals surface area contributed by atoms with Crippen LogP contribution >= 0.6 is 12.2 Å². The molecule has 24 heavy (non-hydrogen) atoms. The number of aliphatic hydroxyl groups excluding tert-OH is 1. The molecule has 0 bridgehead atoms. The topological polar surface area (TPSA) is 62.1 Å². The number of aliphatic imine (C=N–C) groups is 1. The number of benzene rings is 1. The standard InChI is InChI=1S/C18H24N2O3S/c1-6-15-11-16(20(14(3)24)18(4,5)12-22)7-8-17(15)19-13(2)23-10-9-21/h6-8,11-12,21H,1,9-10H2,2-5H3. The summed E-state index contributed by atoms with van der Waals surface area (Å²) in [6.45, 7) is 11.1. The number of aliphatic hydroxyl groups is 1. The second-order valence-electron chi connectivity index (χ2n) is 5.78. The molecule has 0 aliphatic carbocycles. The zero-order chi connectivity index (χ0) is 18.3. The number of hydrogen-bond donors (Lipinski definition) is 1. The summed E-state index contributed by atoms with van der Waals surface area (Å²) in [5, 5.41) is 8.79. The number of hydrogen-bond acceptors (Lipinski definition) is 5. The molecule has 5 nitrogen and oxygen atoms in total. The minimum absolute atomic E-state index is 0.0657. The fourth-order valence-corrected chi connectivity index (χ4v) is 2.66. The van der Waals surface area contributed by atoms with Gasteiger partial charge in [-0.15, -0.1) is 0 Å². The Bertz CT molecular complexity index is 654. The number of nitrogens with zero attached hydrogens (tertiary/aromatic N) is 2. The fourth-order valence-electron chi connectivity index (χ4n) is 2.31. The van der Waals surface area contributed by atoms with Gasteiger partial charge in [0.25, 0.3) is 0 Å². The van der Waals surface area contributed by atoms with Gasteiger partial charge in [-0.1, -0.05) is 24.9 Å². The number of carbonyl (C=O) groups excluding carboxylic acids is 1. The van der Waals surface area contributed by atoms with Crippen molar-refractivity contribution in [1.82, 2.24) is 0 Å². The summed E-state index contributed by atoms with van der Waals surface area (Å²) in [5.74, 6) is 0.455. The summed E-state index contributed by atoms with van der Waals surface area (Å²) in [7, 11) is 0. The van der Waals surface area contributed by atoms with E-state index in [4.69, 9.17) is 22.1 Å². The van der Waals surface area contributed by atoms with Crippen LogP contribution in [0.15, 0.2) is 29.8 Å². The van der Waals surface area contributed by atoms with Crippen LogP contribution in [0.2, 0.25) is 0 Å². The minimum atomic E-state index is -0.755. The van der Waals surface area contributed by atoms with E-state index < -0.39 is 5.54 Å². The van der Waals surface area contributed by atoms with E-state index in [1.165, 1.54) is 0 Å². The molecule has 1 N–H and O–H groups in total. The van der Waals surface area contributed by atoms with E-state index >= 15 is 0 Å². The van der Waals surface area contributed by atoms with E-state index in [-0.39, 0.29) is 13.2 Å². The first-order valence-corrected chi connectivity index (χ1v) is 8.00. The van der Waals surface area contributed by atoms with Gasteiger partial charge >= 0.3 is 0 Å². The van der Waals surface area contributed by atoms with Gasteiger partial charge in [0, 0.05) is 18.2 Å². The predicted molar refractivity (Wildman–Crippen MR) is 103 cm³/mol. The second-order valence-corrected chi connectivity index (χ2v) is 6.37. The van der Waals surface area contributed by atoms with Crippen LogP contribution in [0.1, 0.15) is 33.3 Å². The molecule has 0 atom stereocenters. The van der Waals surface area contributed by atoms with Gasteiger partial charge in [0.15, 0.2) is 5.90 Å². The molecule has 0 heterocycles. The molecule has 0 aliphatic rings. The van der Waals surface area contributed by atoms with Crippen molar-refractivity contribution in [1.29, 1.82) is 0 Å². The van der Waals surface area contributed by atoms with E-state index in [1.54, 1.807) is 24.8 Å². The molecule has 0 saturated heterocycles. The van der Waals surface area contributed by atoms with Gasteiger partial charge in [-0.05, 0) is 39.0 Å². The van der Waals surface area contributed by atoms with Gasteiger partial charge in [-0.2, -0.15) is 0 Å². The first-order chi connectivity index (χ1) is 11.3. The highest BCUT2D eigenvalue weighted by atomic mass is 32.1. The Labute approximate surface area is 148 Å². The second kappa shape index (κ2) is 8.70. The number of carbonyl (C=O) groups is 1. The van der Waals surface area contributed by atoms with E-state index in [0.717, 1.165) is 17.5 Å². The summed E-state index contributed by atoms with van der Waals surface area (Å²) in [6.07, 6.45) is 2.56. The predicted octanol–water partition coefficient (Wildman–Crippen LogP) is 3.52. The van der Waals surface area contributed by atoms with E-state index in [9.17, 15) is 4.79 Å². The van der Waals surface area contributed by atoms with Gasteiger partial charge in [0.1, 0.15) is 12.9 Å². The molecule has 0 aromatic heterocycles. The number of rotatable bonds is 7. The minimum Gasteiger partial charge on any atom is -0.478 e. The first-order valence-electron chi connectivity index (χ1n) is 7.59. The highest BCUT2D eigenvalue weighted by molar-refractivity contribution is 7.80. The highest BCUT2D eigenvalue weighted by Gasteiger charge is 2.28. The largest absolute Gasteiger partial charge is 0.478 e. The van der Waals surface area contributed by atoms with Crippen molar-refractivity contribution < 1.29 is 14.6 Å². The molecule has 1 rings (SSSR count). The molecule has 0 aliphatic heterocycles. The number of ether oxygens (including phenoxy) is 1. The smallest absolute Gasteiger partial charge is 0.185 e. The van der Waals surface area contributed by atoms with Crippen molar-refractivity contribution in [3.8, 4) is 0 Å². The van der Waals surface area contributed by atoms with Crippen LogP contribution in [0.4, 0.5) is 11.4 Å². The van der Waals surface area contributed by atoms with Crippen LogP contribution in [0, 0.1) is 0 Å². The lowest BCUT2D eigenvalue weighted by Crippen LogP contribution is -2.47. The van der Waals surface area contributed by atoms with Crippen molar-refractivity contribution >= 4 is 46.8 Å². The van der Waals surface area contributed by atoms with Gasteiger partial charge in [-0.3, -0.25) is 0 Å². The van der Waals surface area contributed by atoms with Gasteiger partial charge < -0.3 is 19.5 Å². The zero-order valence-electron chi connectivity index (χ0n) is 14.6. The lowest BCUT2D eigenvalue weighted by Gasteiger charge is -2.35. The Morgan fingerprint density at radius 2 is 2.12 bits per heavy atom. The van der Waals surface area contributed by atoms with E-state index in [0.29, 0.717) is 16.6 Å². The van der Waals surface area contributed by atoms with Crippen molar-refractivity contribution in [3.05, 3.63) is 30.3 Å². The van der Waals surface area contributed by atoms with Gasteiger partial charge in [-0.25, -0.2) is 4.99 Å². The lowest BCUT2D eigenvalue weighted by molar-refractivity contribution is -0.111. The van der Waals surface area contributed by atoms with Gasteiger partial charge in [0.05, 0.1) is 22.8 Å². The van der Waals surface area contributed by atoms with Crippen molar-refractivity contribution in [2.24, 2.45) is 4.99 Å². The summed E-state index contributed by atoms with van der Waals surface area (Å²) in [6, 6.07) is 5.56. The fraction of sp³-hybridized carbons (Fsp3) is 0.389. The molecule has 0 spiro atoms. The average Bonchev–Trinajstić information content (AvgIpc) is 2.53. The van der Waals surface area contributed by atoms with Gasteiger partial charge in [0.2, 0.25) is 0 Å². The van der Waals surface area contributed by atoms with Crippen LogP contribution in [0.3, 0.4) is 0 Å². The van der Waals surface area contributed by atoms with E-state index in [1.807, 2.05) is 32.0 Å². The SMILES string of the molecule is C=Cc1cc(N(C(C)=S)C(C)(C)C=O)ccc1N=C(C)OCCO. The van der Waals surface area contributed by atoms with Crippen LogP contribution in [-0.2, 0) is 9.53 Å². The lowest BCUT2D eigenvalue weighted by atomic mass is 10.0. The van der Waals surface area contributed by atoms with E-state index in [2.05, 4.69) is 11.6 Å². The molecule has 0 saturated carbocycles. The maximum Gasteiger partial charge on any atom is 0.185 e. The number of aldehydes is 1. The first kappa shape index (κ1) is 20.0. The summed E-state index contributed by atoms with van der Waals surface area (Å²) >= 11 is 5.31. The third-order valence-electron chi connectivity index (χ3n) is 3.35. The Morgan fingerprint density at radius 3 is 2.62 bits per heavy atom. The van der Waals surface area contributed by atoms with Crippen molar-refractivity contribution in [2.75, 3.05) is 18.1 Å². The molecule has 130 valence electrons. The van der Waals surface area contributed by atoms with Crippen LogP contribution in [0.25, 0.3) is 6.08 Å². The molecule has 1 aromatic rings. The monoisotopic (exact) mass is 348 g/mol. The maximum absolute atomic E-state index is 11.4. The van der Waals surface area contributed by atoms with Crippen LogP contribution in [-0.4, -0.2) is 41.0 Å². The molecule has 6 heteroatoms. The molecule has 0 unspecified atom stereocenters. The normalized spacial score (nSPS) is 11.8. The quantitative estimate of drug-likeness (QED) is 0.353. The summed E-state index contributed by atoms with van der Waals surface area (Å²) in [4.78, 5) is 18.2. The van der Waals surface area contributed by atoms with Crippen LogP contribution < -0.4 is 4.90 Å². The third-order valence-corrected chi connectivity index (χ3v) is 3.53. The zero-order valence-corrected chi connectivity index (χ0v) is 15.4. The Balaban J connectivity index is 3.29. The maximum atomic E-state index is 11.4. The molecular formula is C18H24N2O3S. The Morgan fingerprint density at radius 1 is 1.46 bits per heavy atom. The molecule has 0 amide bonds. The molecule has 0 fully saturated rings. The highest BCUT2D eigenvalue weighted by Crippen LogP contribution is 2.30. The molecule has 1 aromatic carbocycles.